The molecule has 1 aliphatic heterocycles. The molecule has 0 bridgehead atoms. The first-order valence-corrected chi connectivity index (χ1v) is 8.77. The molecule has 0 saturated carbocycles. The van der Waals surface area contributed by atoms with E-state index in [1.165, 1.54) is 11.7 Å². The molecule has 2 rings (SSSR count). The number of sulfonamides is 1. The van der Waals surface area contributed by atoms with Crippen LogP contribution in [0.2, 0.25) is 0 Å². The second-order valence-electron chi connectivity index (χ2n) is 4.79. The van der Waals surface area contributed by atoms with Gasteiger partial charge in [-0.25, -0.2) is 13.6 Å². The quantitative estimate of drug-likeness (QED) is 0.565. The molecule has 10 heteroatoms. The summed E-state index contributed by atoms with van der Waals surface area (Å²) in [6, 6.07) is 0. The molecule has 1 aliphatic rings. The van der Waals surface area contributed by atoms with E-state index in [9.17, 15) is 8.42 Å². The topological polar surface area (TPSA) is 109 Å². The molecule has 1 atom stereocenters. The van der Waals surface area contributed by atoms with Gasteiger partial charge in [0.25, 0.3) is 15.9 Å². The minimum atomic E-state index is -3.95. The summed E-state index contributed by atoms with van der Waals surface area (Å²) in [5, 5.41) is 13.0. The summed E-state index contributed by atoms with van der Waals surface area (Å²) in [5.74, 6) is 0.0880. The van der Waals surface area contributed by atoms with Crippen LogP contribution in [0.3, 0.4) is 0 Å². The Morgan fingerprint density at radius 1 is 1.55 bits per heavy atom. The number of oxime groups is 1. The molecule has 1 aromatic heterocycles. The number of halogens is 1. The van der Waals surface area contributed by atoms with E-state index < -0.39 is 15.6 Å². The van der Waals surface area contributed by atoms with Gasteiger partial charge in [-0.05, 0) is 19.0 Å². The molecule has 20 heavy (non-hydrogen) atoms. The van der Waals surface area contributed by atoms with E-state index in [4.69, 9.17) is 14.7 Å². The summed E-state index contributed by atoms with van der Waals surface area (Å²) in [5.41, 5.74) is 0.123. The van der Waals surface area contributed by atoms with Crippen LogP contribution in [-0.4, -0.2) is 40.7 Å². The number of nitrogens with zero attached hydrogens (tertiary/aromatic N) is 3. The average molecular weight is 414 g/mol. The van der Waals surface area contributed by atoms with Crippen molar-refractivity contribution in [2.75, 3.05) is 11.0 Å². The van der Waals surface area contributed by atoms with Crippen LogP contribution in [0, 0.1) is 6.92 Å². The Morgan fingerprint density at radius 2 is 2.20 bits per heavy atom. The first kappa shape index (κ1) is 15.5. The van der Waals surface area contributed by atoms with Crippen LogP contribution in [0.4, 0.5) is 0 Å². The van der Waals surface area contributed by atoms with Crippen LogP contribution in [0.1, 0.15) is 18.2 Å². The lowest BCUT2D eigenvalue weighted by Gasteiger charge is -2.31. The van der Waals surface area contributed by atoms with Crippen molar-refractivity contribution in [1.82, 2.24) is 9.78 Å². The third kappa shape index (κ3) is 2.76. The van der Waals surface area contributed by atoms with E-state index in [1.807, 2.05) is 6.92 Å². The number of nitrogens with two attached hydrogens (primary N) is 1. The summed E-state index contributed by atoms with van der Waals surface area (Å²) >= 11 is 2.17. The van der Waals surface area contributed by atoms with Gasteiger partial charge >= 0.3 is 0 Å². The molecule has 0 saturated heterocycles. The average Bonchev–Trinajstić information content (AvgIpc) is 2.64. The summed E-state index contributed by atoms with van der Waals surface area (Å²) in [7, 11) is -2.46. The van der Waals surface area contributed by atoms with Crippen LogP contribution in [0.25, 0.3) is 0 Å². The smallest absolute Gasteiger partial charge is 0.263 e. The zero-order valence-corrected chi connectivity index (χ0v) is 14.2. The largest absolute Gasteiger partial charge is 0.464 e. The SMILES string of the molecule is Cc1nn(C)c(S(N)(=O)=O)c1C1=NOCC(C)(CI)O1. The maximum Gasteiger partial charge on any atom is 0.263 e. The van der Waals surface area contributed by atoms with Crippen molar-refractivity contribution in [1.29, 1.82) is 0 Å². The fourth-order valence-electron chi connectivity index (χ4n) is 1.88. The third-order valence-corrected chi connectivity index (χ3v) is 5.42. The van der Waals surface area contributed by atoms with E-state index in [0.29, 0.717) is 16.7 Å². The van der Waals surface area contributed by atoms with Crippen molar-refractivity contribution in [3.05, 3.63) is 11.3 Å². The van der Waals surface area contributed by atoms with Gasteiger partial charge < -0.3 is 9.57 Å². The molecule has 1 unspecified atom stereocenters. The summed E-state index contributed by atoms with van der Waals surface area (Å²) in [6.07, 6.45) is 0. The van der Waals surface area contributed by atoms with E-state index in [-0.39, 0.29) is 16.5 Å². The fourth-order valence-corrected chi connectivity index (χ4v) is 3.19. The van der Waals surface area contributed by atoms with E-state index in [1.54, 1.807) is 6.92 Å². The normalized spacial score (nSPS) is 22.9. The van der Waals surface area contributed by atoms with Gasteiger partial charge in [0.15, 0.2) is 17.2 Å². The highest BCUT2D eigenvalue weighted by Gasteiger charge is 2.36. The minimum Gasteiger partial charge on any atom is -0.464 e. The molecule has 0 fully saturated rings. The van der Waals surface area contributed by atoms with Crippen LogP contribution in [-0.2, 0) is 26.6 Å². The molecule has 0 aromatic carbocycles. The summed E-state index contributed by atoms with van der Waals surface area (Å²) in [6.45, 7) is 3.81. The maximum absolute atomic E-state index is 11.7. The molecule has 2 heterocycles. The third-order valence-electron chi connectivity index (χ3n) is 2.80. The van der Waals surface area contributed by atoms with E-state index >= 15 is 0 Å². The number of alkyl halides is 1. The monoisotopic (exact) mass is 414 g/mol. The van der Waals surface area contributed by atoms with Gasteiger partial charge in [-0.1, -0.05) is 22.6 Å². The molecule has 0 radical (unpaired) electrons. The van der Waals surface area contributed by atoms with Crippen molar-refractivity contribution >= 4 is 38.5 Å². The highest BCUT2D eigenvalue weighted by molar-refractivity contribution is 14.1. The fraction of sp³-hybridized carbons (Fsp3) is 0.600. The van der Waals surface area contributed by atoms with Gasteiger partial charge in [-0.2, -0.15) is 5.10 Å². The number of ether oxygens (including phenoxy) is 1. The Balaban J connectivity index is 2.57. The van der Waals surface area contributed by atoms with Gasteiger partial charge in [0.2, 0.25) is 0 Å². The summed E-state index contributed by atoms with van der Waals surface area (Å²) in [4.78, 5) is 5.16. The maximum atomic E-state index is 11.7. The Bertz CT molecular complexity index is 669. The number of primary sulfonamides is 1. The first-order chi connectivity index (χ1) is 9.18. The van der Waals surface area contributed by atoms with Gasteiger partial charge in [0, 0.05) is 11.5 Å². The lowest BCUT2D eigenvalue weighted by atomic mass is 10.1. The standard InChI is InChI=1S/C10H15IN4O4S/c1-6-7(9(15(3)13-6)20(12,16)17)8-14-18-5-10(2,4-11)19-8/h4-5H2,1-3H3,(H2,12,16,17). The highest BCUT2D eigenvalue weighted by atomic mass is 127. The number of hydrogen-bond donors (Lipinski definition) is 1. The second-order valence-corrected chi connectivity index (χ2v) is 7.03. The lowest BCUT2D eigenvalue weighted by molar-refractivity contribution is -0.0381. The van der Waals surface area contributed by atoms with Crippen LogP contribution in [0.5, 0.6) is 0 Å². The Morgan fingerprint density at radius 3 is 2.75 bits per heavy atom. The first-order valence-electron chi connectivity index (χ1n) is 5.70. The molecule has 8 nitrogen and oxygen atoms in total. The van der Waals surface area contributed by atoms with Crippen molar-refractivity contribution in [3.8, 4) is 0 Å². The second kappa shape index (κ2) is 5.15. The number of aryl methyl sites for hydroxylation is 2. The predicted molar refractivity (Wildman–Crippen MR) is 80.2 cm³/mol. The number of aromatic nitrogens is 2. The Hall–Kier alpha value is -0.880. The lowest BCUT2D eigenvalue weighted by Crippen LogP contribution is -2.42. The summed E-state index contributed by atoms with van der Waals surface area (Å²) < 4.78 is 31.1. The molecule has 0 aliphatic carbocycles. The van der Waals surface area contributed by atoms with Gasteiger partial charge in [0.05, 0.1) is 5.69 Å². The van der Waals surface area contributed by atoms with Crippen LogP contribution < -0.4 is 5.14 Å². The highest BCUT2D eigenvalue weighted by Crippen LogP contribution is 2.26. The molecule has 0 amide bonds. The van der Waals surface area contributed by atoms with Gasteiger partial charge in [-0.3, -0.25) is 4.68 Å². The van der Waals surface area contributed by atoms with E-state index in [2.05, 4.69) is 32.8 Å². The molecular formula is C10H15IN4O4S. The van der Waals surface area contributed by atoms with Crippen molar-refractivity contribution in [2.24, 2.45) is 17.3 Å². The van der Waals surface area contributed by atoms with E-state index in [0.717, 1.165) is 0 Å². The van der Waals surface area contributed by atoms with Gasteiger partial charge in [0.1, 0.15) is 5.56 Å². The zero-order valence-electron chi connectivity index (χ0n) is 11.3. The predicted octanol–water partition coefficient (Wildman–Crippen LogP) is 0.278. The number of rotatable bonds is 3. The number of hydrogen-bond acceptors (Lipinski definition) is 6. The molecule has 2 N–H and O–H groups in total. The molecule has 112 valence electrons. The Kier molecular flexibility index (Phi) is 3.99. The molecular weight excluding hydrogens is 399 g/mol. The zero-order chi connectivity index (χ0) is 15.1. The molecule has 1 aromatic rings. The van der Waals surface area contributed by atoms with Crippen LogP contribution >= 0.6 is 22.6 Å². The van der Waals surface area contributed by atoms with Gasteiger partial charge in [-0.15, -0.1) is 0 Å². The minimum absolute atomic E-state index is 0.0880. The van der Waals surface area contributed by atoms with Crippen molar-refractivity contribution < 1.29 is 18.0 Å². The van der Waals surface area contributed by atoms with Crippen LogP contribution in [0.15, 0.2) is 10.2 Å². The van der Waals surface area contributed by atoms with Crippen molar-refractivity contribution in [3.63, 3.8) is 0 Å². The Labute approximate surface area is 130 Å². The molecule has 0 spiro atoms. The van der Waals surface area contributed by atoms with Crippen molar-refractivity contribution in [2.45, 2.75) is 24.5 Å².